The molecule has 0 aliphatic carbocycles. The summed E-state index contributed by atoms with van der Waals surface area (Å²) in [6.45, 7) is 3.51. The van der Waals surface area contributed by atoms with Crippen LogP contribution in [0, 0.1) is 0 Å². The van der Waals surface area contributed by atoms with E-state index in [-0.39, 0.29) is 0 Å². The summed E-state index contributed by atoms with van der Waals surface area (Å²) in [5.41, 5.74) is 1.93. The van der Waals surface area contributed by atoms with Crippen molar-refractivity contribution in [3.05, 3.63) is 47.4 Å². The van der Waals surface area contributed by atoms with E-state index in [0.717, 1.165) is 29.7 Å². The highest BCUT2D eigenvalue weighted by Crippen LogP contribution is 2.18. The van der Waals surface area contributed by atoms with E-state index in [2.05, 4.69) is 20.0 Å². The van der Waals surface area contributed by atoms with Gasteiger partial charge in [-0.3, -0.25) is 4.68 Å². The summed E-state index contributed by atoms with van der Waals surface area (Å²) in [5, 5.41) is 6.01. The molecule has 3 aromatic rings. The topological polar surface area (TPSA) is 56.1 Å². The Bertz CT molecular complexity index is 828. The third-order valence-electron chi connectivity index (χ3n) is 3.89. The van der Waals surface area contributed by atoms with Crippen LogP contribution in [-0.2, 0) is 11.3 Å². The fraction of sp³-hybridized carbons (Fsp3) is 0.312. The Labute approximate surface area is 138 Å². The average molecular weight is 330 g/mol. The fourth-order valence-electron chi connectivity index (χ4n) is 2.74. The highest BCUT2D eigenvalue weighted by atomic mass is 35.5. The number of hydrogen-bond donors (Lipinski definition) is 0. The lowest BCUT2D eigenvalue weighted by atomic mass is 10.2. The molecule has 0 spiro atoms. The van der Waals surface area contributed by atoms with Crippen molar-refractivity contribution in [2.75, 3.05) is 31.2 Å². The van der Waals surface area contributed by atoms with Crippen LogP contribution in [0.25, 0.3) is 10.9 Å². The molecular weight excluding hydrogens is 314 g/mol. The SMILES string of the molecule is Clc1cc(Cn2ncc3ccccc32)nc(N2CCOCC2)n1. The number of morpholine rings is 1. The van der Waals surface area contributed by atoms with Crippen molar-refractivity contribution in [1.29, 1.82) is 0 Å². The number of ether oxygens (including phenoxy) is 1. The number of benzene rings is 1. The van der Waals surface area contributed by atoms with Crippen molar-refractivity contribution in [2.24, 2.45) is 0 Å². The number of nitrogens with zero attached hydrogens (tertiary/aromatic N) is 5. The third-order valence-corrected chi connectivity index (χ3v) is 4.09. The normalized spacial score (nSPS) is 15.3. The van der Waals surface area contributed by atoms with Crippen molar-refractivity contribution in [3.8, 4) is 0 Å². The van der Waals surface area contributed by atoms with E-state index >= 15 is 0 Å². The lowest BCUT2D eigenvalue weighted by Crippen LogP contribution is -2.37. The largest absolute Gasteiger partial charge is 0.378 e. The highest BCUT2D eigenvalue weighted by Gasteiger charge is 2.16. The van der Waals surface area contributed by atoms with Gasteiger partial charge in [-0.05, 0) is 12.1 Å². The molecule has 0 saturated carbocycles. The Morgan fingerprint density at radius 3 is 2.83 bits per heavy atom. The summed E-state index contributed by atoms with van der Waals surface area (Å²) < 4.78 is 7.30. The Balaban J connectivity index is 1.64. The zero-order valence-electron chi connectivity index (χ0n) is 12.5. The summed E-state index contributed by atoms with van der Waals surface area (Å²) >= 11 is 6.19. The first-order valence-electron chi connectivity index (χ1n) is 7.56. The lowest BCUT2D eigenvalue weighted by Gasteiger charge is -2.27. The number of rotatable bonds is 3. The van der Waals surface area contributed by atoms with Gasteiger partial charge >= 0.3 is 0 Å². The molecule has 0 atom stereocenters. The Hall–Kier alpha value is -2.18. The van der Waals surface area contributed by atoms with Gasteiger partial charge in [-0.1, -0.05) is 29.8 Å². The van der Waals surface area contributed by atoms with Crippen molar-refractivity contribution in [2.45, 2.75) is 6.54 Å². The fourth-order valence-corrected chi connectivity index (χ4v) is 2.94. The average Bonchev–Trinajstić information content (AvgIpc) is 2.98. The standard InChI is InChI=1S/C16H16ClN5O/c17-15-9-13(19-16(20-15)21-5-7-23-8-6-21)11-22-14-4-2-1-3-12(14)10-18-22/h1-4,9-10H,5-8,11H2. The second-order valence-corrected chi connectivity index (χ2v) is 5.83. The predicted octanol–water partition coefficient (Wildman–Crippen LogP) is 2.36. The molecule has 7 heteroatoms. The summed E-state index contributed by atoms with van der Waals surface area (Å²) in [5.74, 6) is 0.660. The molecule has 1 saturated heterocycles. The molecule has 1 aromatic carbocycles. The molecule has 23 heavy (non-hydrogen) atoms. The zero-order valence-corrected chi connectivity index (χ0v) is 13.3. The summed E-state index contributed by atoms with van der Waals surface area (Å²) in [6, 6.07) is 9.90. The minimum atomic E-state index is 0.452. The van der Waals surface area contributed by atoms with Gasteiger partial charge in [0, 0.05) is 18.5 Å². The molecule has 1 aliphatic rings. The van der Waals surface area contributed by atoms with E-state index in [1.165, 1.54) is 0 Å². The molecule has 0 amide bonds. The first kappa shape index (κ1) is 14.4. The molecule has 0 bridgehead atoms. The van der Waals surface area contributed by atoms with Crippen LogP contribution in [0.2, 0.25) is 5.15 Å². The smallest absolute Gasteiger partial charge is 0.227 e. The first-order chi connectivity index (χ1) is 11.3. The minimum absolute atomic E-state index is 0.452. The van der Waals surface area contributed by atoms with Gasteiger partial charge in [0.05, 0.1) is 37.2 Å². The van der Waals surface area contributed by atoms with Crippen LogP contribution in [0.15, 0.2) is 36.5 Å². The van der Waals surface area contributed by atoms with Crippen LogP contribution in [-0.4, -0.2) is 46.1 Å². The lowest BCUT2D eigenvalue weighted by molar-refractivity contribution is 0.122. The maximum absolute atomic E-state index is 6.19. The molecule has 0 unspecified atom stereocenters. The van der Waals surface area contributed by atoms with Gasteiger partial charge in [0.2, 0.25) is 5.95 Å². The first-order valence-corrected chi connectivity index (χ1v) is 7.94. The predicted molar refractivity (Wildman–Crippen MR) is 88.9 cm³/mol. The number of fused-ring (bicyclic) bond motifs is 1. The summed E-state index contributed by atoms with van der Waals surface area (Å²) in [4.78, 5) is 11.1. The van der Waals surface area contributed by atoms with Crippen LogP contribution in [0.5, 0.6) is 0 Å². The number of halogens is 1. The minimum Gasteiger partial charge on any atom is -0.378 e. The molecule has 1 fully saturated rings. The van der Waals surface area contributed by atoms with Crippen LogP contribution in [0.3, 0.4) is 0 Å². The Morgan fingerprint density at radius 1 is 1.13 bits per heavy atom. The van der Waals surface area contributed by atoms with Gasteiger partial charge in [0.25, 0.3) is 0 Å². The molecule has 3 heterocycles. The number of hydrogen-bond acceptors (Lipinski definition) is 5. The van der Waals surface area contributed by atoms with Crippen molar-refractivity contribution in [3.63, 3.8) is 0 Å². The molecule has 0 radical (unpaired) electrons. The molecule has 1 aliphatic heterocycles. The molecule has 4 rings (SSSR count). The third kappa shape index (κ3) is 3.00. The number of anilines is 1. The number of aromatic nitrogens is 4. The van der Waals surface area contributed by atoms with E-state index in [4.69, 9.17) is 16.3 Å². The monoisotopic (exact) mass is 329 g/mol. The van der Waals surface area contributed by atoms with Crippen LogP contribution >= 0.6 is 11.6 Å². The Kier molecular flexibility index (Phi) is 3.85. The summed E-state index contributed by atoms with van der Waals surface area (Å²) in [6.07, 6.45) is 1.86. The van der Waals surface area contributed by atoms with Crippen molar-refractivity contribution in [1.82, 2.24) is 19.7 Å². The van der Waals surface area contributed by atoms with Gasteiger partial charge in [-0.15, -0.1) is 0 Å². The zero-order chi connectivity index (χ0) is 15.6. The van der Waals surface area contributed by atoms with Crippen LogP contribution in [0.1, 0.15) is 5.69 Å². The number of para-hydroxylation sites is 1. The molecule has 2 aromatic heterocycles. The summed E-state index contributed by atoms with van der Waals surface area (Å²) in [7, 11) is 0. The van der Waals surface area contributed by atoms with E-state index in [0.29, 0.717) is 30.9 Å². The van der Waals surface area contributed by atoms with Crippen LogP contribution in [0.4, 0.5) is 5.95 Å². The van der Waals surface area contributed by atoms with Crippen LogP contribution < -0.4 is 4.90 Å². The van der Waals surface area contributed by atoms with E-state index in [1.54, 1.807) is 6.07 Å². The van der Waals surface area contributed by atoms with E-state index in [1.807, 2.05) is 35.1 Å². The van der Waals surface area contributed by atoms with E-state index in [9.17, 15) is 0 Å². The molecule has 6 nitrogen and oxygen atoms in total. The maximum atomic E-state index is 6.19. The van der Waals surface area contributed by atoms with Gasteiger partial charge in [-0.25, -0.2) is 9.97 Å². The maximum Gasteiger partial charge on any atom is 0.227 e. The van der Waals surface area contributed by atoms with Crippen molar-refractivity contribution >= 4 is 28.5 Å². The van der Waals surface area contributed by atoms with Crippen molar-refractivity contribution < 1.29 is 4.74 Å². The quantitative estimate of drug-likeness (QED) is 0.690. The van der Waals surface area contributed by atoms with E-state index < -0.39 is 0 Å². The van der Waals surface area contributed by atoms with Gasteiger partial charge in [0.15, 0.2) is 0 Å². The molecular formula is C16H16ClN5O. The Morgan fingerprint density at radius 2 is 1.96 bits per heavy atom. The van der Waals surface area contributed by atoms with Gasteiger partial charge in [0.1, 0.15) is 5.15 Å². The van der Waals surface area contributed by atoms with Gasteiger partial charge < -0.3 is 9.64 Å². The molecule has 0 N–H and O–H groups in total. The second-order valence-electron chi connectivity index (χ2n) is 5.44. The second kappa shape index (κ2) is 6.14. The highest BCUT2D eigenvalue weighted by molar-refractivity contribution is 6.29. The molecule has 118 valence electrons. The van der Waals surface area contributed by atoms with Gasteiger partial charge in [-0.2, -0.15) is 5.10 Å².